The minimum atomic E-state index is -0.991. The van der Waals surface area contributed by atoms with E-state index >= 15 is 0 Å². The van der Waals surface area contributed by atoms with Crippen LogP contribution in [-0.2, 0) is 6.54 Å². The zero-order chi connectivity index (χ0) is 14.8. The summed E-state index contributed by atoms with van der Waals surface area (Å²) >= 11 is 0. The number of aromatic carboxylic acids is 1. The Hall–Kier alpha value is -2.82. The number of aromatic nitrogens is 1. The predicted molar refractivity (Wildman–Crippen MR) is 79.5 cm³/mol. The maximum absolute atomic E-state index is 11.5. The quantitative estimate of drug-likeness (QED) is 0.796. The van der Waals surface area contributed by atoms with Crippen molar-refractivity contribution < 1.29 is 14.3 Å². The Balaban J connectivity index is 2.13. The van der Waals surface area contributed by atoms with E-state index in [0.717, 1.165) is 16.7 Å². The highest BCUT2D eigenvalue weighted by Crippen LogP contribution is 2.29. The van der Waals surface area contributed by atoms with Crippen molar-refractivity contribution in [1.82, 2.24) is 4.98 Å². The highest BCUT2D eigenvalue weighted by Gasteiger charge is 2.18. The molecule has 0 aliphatic rings. The van der Waals surface area contributed by atoms with E-state index in [1.807, 2.05) is 48.3 Å². The first kappa shape index (κ1) is 13.2. The zero-order valence-electron chi connectivity index (χ0n) is 11.5. The van der Waals surface area contributed by atoms with Crippen LogP contribution in [0.5, 0.6) is 0 Å². The summed E-state index contributed by atoms with van der Waals surface area (Å²) in [5, 5.41) is 10.2. The molecule has 0 atom stereocenters. The summed E-state index contributed by atoms with van der Waals surface area (Å²) in [5.41, 5.74) is 1.59. The second-order valence-electron chi connectivity index (χ2n) is 4.78. The van der Waals surface area contributed by atoms with E-state index in [1.54, 1.807) is 6.26 Å². The zero-order valence-corrected chi connectivity index (χ0v) is 11.5. The number of rotatable bonds is 4. The summed E-state index contributed by atoms with van der Waals surface area (Å²) in [6.45, 7) is 0.487. The first-order valence-electron chi connectivity index (χ1n) is 6.51. The third-order valence-electron chi connectivity index (χ3n) is 3.33. The van der Waals surface area contributed by atoms with Crippen LogP contribution in [0.2, 0.25) is 0 Å². The van der Waals surface area contributed by atoms with Crippen LogP contribution in [0.25, 0.3) is 10.9 Å². The lowest BCUT2D eigenvalue weighted by atomic mass is 10.1. The smallest absolute Gasteiger partial charge is 0.339 e. The molecule has 0 aliphatic carbocycles. The third-order valence-corrected chi connectivity index (χ3v) is 3.33. The van der Waals surface area contributed by atoms with Crippen molar-refractivity contribution in [2.24, 2.45) is 0 Å². The van der Waals surface area contributed by atoms with E-state index < -0.39 is 5.97 Å². The highest BCUT2D eigenvalue weighted by molar-refractivity contribution is 6.04. The summed E-state index contributed by atoms with van der Waals surface area (Å²) in [4.78, 5) is 17.6. The lowest BCUT2D eigenvalue weighted by Crippen LogP contribution is -2.20. The molecule has 1 N–H and O–H groups in total. The number of hydrogen-bond donors (Lipinski definition) is 1. The van der Waals surface area contributed by atoms with Gasteiger partial charge in [0.15, 0.2) is 0 Å². The number of carbonyl (C=O) groups is 1. The third kappa shape index (κ3) is 2.45. The van der Waals surface area contributed by atoms with Crippen molar-refractivity contribution >= 4 is 22.6 Å². The van der Waals surface area contributed by atoms with Gasteiger partial charge in [-0.05, 0) is 18.2 Å². The van der Waals surface area contributed by atoms with E-state index in [0.29, 0.717) is 12.2 Å². The number of nitrogens with zero attached hydrogens (tertiary/aromatic N) is 2. The van der Waals surface area contributed by atoms with E-state index in [4.69, 9.17) is 4.42 Å². The molecule has 0 saturated heterocycles. The molecule has 106 valence electrons. The number of fused-ring (bicyclic) bond motifs is 1. The SMILES string of the molecule is CN(Cc1ccco1)c1c(C(=O)O)cnc2ccccc12. The molecule has 2 heterocycles. The van der Waals surface area contributed by atoms with Crippen LogP contribution in [0.3, 0.4) is 0 Å². The molecule has 0 fully saturated rings. The number of furan rings is 1. The Labute approximate surface area is 121 Å². The largest absolute Gasteiger partial charge is 0.478 e. The Morgan fingerprint density at radius 3 is 2.81 bits per heavy atom. The van der Waals surface area contributed by atoms with Gasteiger partial charge in [-0.2, -0.15) is 0 Å². The van der Waals surface area contributed by atoms with E-state index in [2.05, 4.69) is 4.98 Å². The maximum atomic E-state index is 11.5. The minimum absolute atomic E-state index is 0.183. The number of benzene rings is 1. The standard InChI is InChI=1S/C16H14N2O3/c1-18(10-11-5-4-8-21-11)15-12-6-2-3-7-14(12)17-9-13(15)16(19)20/h2-9H,10H2,1H3,(H,19,20). The van der Waals surface area contributed by atoms with Crippen LogP contribution in [0, 0.1) is 0 Å². The topological polar surface area (TPSA) is 66.6 Å². The van der Waals surface area contributed by atoms with E-state index in [9.17, 15) is 9.90 Å². The van der Waals surface area contributed by atoms with Crippen LogP contribution in [0.4, 0.5) is 5.69 Å². The van der Waals surface area contributed by atoms with Crippen molar-refractivity contribution in [2.75, 3.05) is 11.9 Å². The van der Waals surface area contributed by atoms with Gasteiger partial charge >= 0.3 is 5.97 Å². The molecule has 0 amide bonds. The van der Waals surface area contributed by atoms with Crippen molar-refractivity contribution in [1.29, 1.82) is 0 Å². The van der Waals surface area contributed by atoms with E-state index in [-0.39, 0.29) is 5.56 Å². The predicted octanol–water partition coefficient (Wildman–Crippen LogP) is 3.16. The Bertz CT molecular complexity index is 781. The average molecular weight is 282 g/mol. The fourth-order valence-electron chi connectivity index (χ4n) is 2.41. The normalized spacial score (nSPS) is 10.7. The molecule has 21 heavy (non-hydrogen) atoms. The number of hydrogen-bond acceptors (Lipinski definition) is 4. The first-order valence-corrected chi connectivity index (χ1v) is 6.51. The second-order valence-corrected chi connectivity index (χ2v) is 4.78. The fourth-order valence-corrected chi connectivity index (χ4v) is 2.41. The van der Waals surface area contributed by atoms with Crippen molar-refractivity contribution in [3.05, 3.63) is 60.2 Å². The molecule has 0 saturated carbocycles. The number of pyridine rings is 1. The van der Waals surface area contributed by atoms with E-state index in [1.165, 1.54) is 6.20 Å². The van der Waals surface area contributed by atoms with Gasteiger partial charge in [-0.15, -0.1) is 0 Å². The van der Waals surface area contributed by atoms with Gasteiger partial charge in [0.05, 0.1) is 24.0 Å². The molecule has 3 aromatic rings. The van der Waals surface area contributed by atoms with Gasteiger partial charge < -0.3 is 14.4 Å². The fraction of sp³-hybridized carbons (Fsp3) is 0.125. The molecule has 3 rings (SSSR count). The lowest BCUT2D eigenvalue weighted by Gasteiger charge is -2.21. The molecule has 2 aromatic heterocycles. The Morgan fingerprint density at radius 1 is 1.29 bits per heavy atom. The number of carboxylic acids is 1. The maximum Gasteiger partial charge on any atom is 0.339 e. The molecule has 0 spiro atoms. The van der Waals surface area contributed by atoms with Gasteiger partial charge in [0.2, 0.25) is 0 Å². The van der Waals surface area contributed by atoms with Gasteiger partial charge in [-0.1, -0.05) is 18.2 Å². The van der Waals surface area contributed by atoms with Crippen LogP contribution in [0.15, 0.2) is 53.3 Å². The van der Waals surface area contributed by atoms with Gasteiger partial charge in [0, 0.05) is 18.6 Å². The molecule has 0 radical (unpaired) electrons. The molecule has 5 heteroatoms. The van der Waals surface area contributed by atoms with Gasteiger partial charge in [-0.25, -0.2) is 4.79 Å². The molecular weight excluding hydrogens is 268 g/mol. The monoisotopic (exact) mass is 282 g/mol. The van der Waals surface area contributed by atoms with Crippen molar-refractivity contribution in [3.63, 3.8) is 0 Å². The number of anilines is 1. The number of para-hydroxylation sites is 1. The van der Waals surface area contributed by atoms with Gasteiger partial charge in [-0.3, -0.25) is 4.98 Å². The molecule has 0 unspecified atom stereocenters. The van der Waals surface area contributed by atoms with Crippen LogP contribution in [-0.4, -0.2) is 23.1 Å². The summed E-state index contributed by atoms with van der Waals surface area (Å²) in [5.74, 6) is -0.218. The van der Waals surface area contributed by atoms with Crippen LogP contribution in [0.1, 0.15) is 16.1 Å². The average Bonchev–Trinajstić information content (AvgIpc) is 2.98. The molecule has 1 aromatic carbocycles. The molecule has 0 aliphatic heterocycles. The lowest BCUT2D eigenvalue weighted by molar-refractivity contribution is 0.0697. The summed E-state index contributed by atoms with van der Waals surface area (Å²) < 4.78 is 5.33. The molecule has 0 bridgehead atoms. The molecule has 5 nitrogen and oxygen atoms in total. The Morgan fingerprint density at radius 2 is 2.10 bits per heavy atom. The summed E-state index contributed by atoms with van der Waals surface area (Å²) in [7, 11) is 1.84. The molecular formula is C16H14N2O3. The van der Waals surface area contributed by atoms with Crippen LogP contribution < -0.4 is 4.90 Å². The van der Waals surface area contributed by atoms with Crippen molar-refractivity contribution in [2.45, 2.75) is 6.54 Å². The summed E-state index contributed by atoms with van der Waals surface area (Å²) in [6, 6.07) is 11.2. The first-order chi connectivity index (χ1) is 10.2. The van der Waals surface area contributed by atoms with Crippen LogP contribution >= 0.6 is 0 Å². The summed E-state index contributed by atoms with van der Waals surface area (Å²) in [6.07, 6.45) is 3.00. The minimum Gasteiger partial charge on any atom is -0.478 e. The van der Waals surface area contributed by atoms with Gasteiger partial charge in [0.1, 0.15) is 11.3 Å². The van der Waals surface area contributed by atoms with Crippen molar-refractivity contribution in [3.8, 4) is 0 Å². The number of carboxylic acid groups (broad SMARTS) is 1. The second kappa shape index (κ2) is 5.28. The van der Waals surface area contributed by atoms with Gasteiger partial charge in [0.25, 0.3) is 0 Å². The Kier molecular flexibility index (Phi) is 3.31. The highest BCUT2D eigenvalue weighted by atomic mass is 16.4.